The number of ketones is 1. The highest BCUT2D eigenvalue weighted by Gasteiger charge is 2.31. The first-order chi connectivity index (χ1) is 15.8. The van der Waals surface area contributed by atoms with Crippen molar-refractivity contribution in [2.24, 2.45) is 5.14 Å². The maximum Gasteiger partial charge on any atom is 0.416 e. The van der Waals surface area contributed by atoms with Gasteiger partial charge in [0.25, 0.3) is 11.7 Å². The van der Waals surface area contributed by atoms with Crippen molar-refractivity contribution in [3.63, 3.8) is 0 Å². The third-order valence-corrected chi connectivity index (χ3v) is 5.72. The summed E-state index contributed by atoms with van der Waals surface area (Å²) in [5, 5.41) is 11.6. The molecule has 0 unspecified atom stereocenters. The van der Waals surface area contributed by atoms with E-state index in [0.717, 1.165) is 12.1 Å². The van der Waals surface area contributed by atoms with Crippen molar-refractivity contribution in [3.05, 3.63) is 82.2 Å². The lowest BCUT2D eigenvalue weighted by molar-refractivity contribution is -0.137. The molecule has 3 aromatic rings. The number of hydrogen-bond acceptors (Lipinski definition) is 5. The third-order valence-electron chi connectivity index (χ3n) is 4.99. The molecule has 12 heteroatoms. The van der Waals surface area contributed by atoms with E-state index in [-0.39, 0.29) is 34.9 Å². The number of Topliss-reactive ketones (excluding diaryl/α,β-unsaturated/α-hetero) is 1. The van der Waals surface area contributed by atoms with Gasteiger partial charge in [0.2, 0.25) is 10.0 Å². The topological polar surface area (TPSA) is 124 Å². The molecule has 0 atom stereocenters. The number of aromatic nitrogens is 2. The van der Waals surface area contributed by atoms with Crippen molar-refractivity contribution in [1.29, 1.82) is 0 Å². The van der Waals surface area contributed by atoms with Gasteiger partial charge in [-0.2, -0.15) is 18.3 Å². The molecule has 34 heavy (non-hydrogen) atoms. The van der Waals surface area contributed by atoms with Gasteiger partial charge in [-0.3, -0.25) is 9.59 Å². The Hall–Kier alpha value is -3.51. The first kappa shape index (κ1) is 25.1. The van der Waals surface area contributed by atoms with E-state index in [2.05, 4.69) is 10.4 Å². The summed E-state index contributed by atoms with van der Waals surface area (Å²) in [5.74, 6) is -2.12. The van der Waals surface area contributed by atoms with Crippen LogP contribution in [0.15, 0.2) is 48.5 Å². The van der Waals surface area contributed by atoms with Crippen LogP contribution in [0.1, 0.15) is 38.4 Å². The van der Waals surface area contributed by atoms with Crippen molar-refractivity contribution in [2.75, 3.05) is 0 Å². The molecule has 0 aliphatic heterocycles. The Bertz CT molecular complexity index is 1350. The van der Waals surface area contributed by atoms with Gasteiger partial charge in [-0.25, -0.2) is 18.2 Å². The largest absolute Gasteiger partial charge is 0.416 e. The molecule has 3 rings (SSSR count). The highest BCUT2D eigenvalue weighted by molar-refractivity contribution is 7.88. The highest BCUT2D eigenvalue weighted by Crippen LogP contribution is 2.31. The number of alkyl halides is 3. The van der Waals surface area contributed by atoms with E-state index in [0.29, 0.717) is 11.1 Å². The van der Waals surface area contributed by atoms with Crippen molar-refractivity contribution in [1.82, 2.24) is 15.1 Å². The Morgan fingerprint density at radius 2 is 1.68 bits per heavy atom. The fraction of sp³-hybridized carbons (Fsp3) is 0.227. The molecule has 0 bridgehead atoms. The number of halogens is 3. The number of rotatable bonds is 7. The number of benzene rings is 2. The molecule has 0 spiro atoms. The van der Waals surface area contributed by atoms with Gasteiger partial charge in [-0.05, 0) is 43.2 Å². The van der Waals surface area contributed by atoms with Gasteiger partial charge in [0.05, 0.1) is 34.0 Å². The van der Waals surface area contributed by atoms with Crippen molar-refractivity contribution < 1.29 is 31.2 Å². The van der Waals surface area contributed by atoms with Gasteiger partial charge in [0.1, 0.15) is 0 Å². The van der Waals surface area contributed by atoms with Crippen molar-refractivity contribution in [3.8, 4) is 5.69 Å². The Labute approximate surface area is 193 Å². The molecule has 1 aromatic heterocycles. The average molecular weight is 494 g/mol. The number of primary sulfonamides is 1. The number of amides is 1. The van der Waals surface area contributed by atoms with Crippen LogP contribution in [0.5, 0.6) is 0 Å². The number of carbonyl (C=O) groups is 2. The second kappa shape index (κ2) is 9.39. The minimum atomic E-state index is -4.54. The first-order valence-electron chi connectivity index (χ1n) is 9.91. The molecule has 1 amide bonds. The van der Waals surface area contributed by atoms with E-state index in [1.54, 1.807) is 24.3 Å². The average Bonchev–Trinajstić information content (AvgIpc) is 3.04. The van der Waals surface area contributed by atoms with Crippen LogP contribution in [0.3, 0.4) is 0 Å². The van der Waals surface area contributed by atoms with E-state index in [1.807, 2.05) is 0 Å². The Morgan fingerprint density at radius 1 is 1.06 bits per heavy atom. The van der Waals surface area contributed by atoms with E-state index in [9.17, 15) is 31.2 Å². The van der Waals surface area contributed by atoms with Crippen LogP contribution in [0.4, 0.5) is 13.2 Å². The number of hydrogen-bond donors (Lipinski definition) is 2. The highest BCUT2D eigenvalue weighted by atomic mass is 32.2. The maximum absolute atomic E-state index is 13.1. The second-order valence-corrected chi connectivity index (χ2v) is 9.26. The van der Waals surface area contributed by atoms with E-state index >= 15 is 0 Å². The zero-order valence-electron chi connectivity index (χ0n) is 18.2. The molecule has 0 aliphatic carbocycles. The smallest absolute Gasteiger partial charge is 0.345 e. The number of nitrogens with one attached hydrogen (secondary N) is 1. The minimum absolute atomic E-state index is 0.0000879. The van der Waals surface area contributed by atoms with Gasteiger partial charge >= 0.3 is 6.18 Å². The molecular formula is C22H21F3N4O4S. The van der Waals surface area contributed by atoms with Gasteiger partial charge in [0, 0.05) is 6.54 Å². The lowest BCUT2D eigenvalue weighted by Gasteiger charge is -2.10. The fourth-order valence-electron chi connectivity index (χ4n) is 3.40. The Morgan fingerprint density at radius 3 is 2.26 bits per heavy atom. The van der Waals surface area contributed by atoms with Crippen molar-refractivity contribution >= 4 is 21.7 Å². The lowest BCUT2D eigenvalue weighted by atomic mass is 10.1. The zero-order valence-corrected chi connectivity index (χ0v) is 19.0. The van der Waals surface area contributed by atoms with Crippen LogP contribution in [-0.4, -0.2) is 29.9 Å². The van der Waals surface area contributed by atoms with Crippen LogP contribution in [-0.2, 0) is 33.3 Å². The van der Waals surface area contributed by atoms with Gasteiger partial charge in [-0.1, -0.05) is 30.3 Å². The summed E-state index contributed by atoms with van der Waals surface area (Å²) in [7, 11) is -3.67. The molecule has 2 aromatic carbocycles. The van der Waals surface area contributed by atoms with E-state index < -0.39 is 33.5 Å². The third kappa shape index (κ3) is 5.88. The van der Waals surface area contributed by atoms with Crippen LogP contribution in [0, 0.1) is 13.8 Å². The number of carbonyl (C=O) groups excluding carboxylic acids is 2. The number of aryl methyl sites for hydroxylation is 1. The fourth-order valence-corrected chi connectivity index (χ4v) is 4.06. The summed E-state index contributed by atoms with van der Waals surface area (Å²) >= 11 is 0. The molecule has 3 N–H and O–H groups in total. The summed E-state index contributed by atoms with van der Waals surface area (Å²) in [4.78, 5) is 25.2. The molecular weight excluding hydrogens is 473 g/mol. The monoisotopic (exact) mass is 494 g/mol. The first-order valence-corrected chi connectivity index (χ1v) is 11.6. The molecule has 1 heterocycles. The summed E-state index contributed by atoms with van der Waals surface area (Å²) in [6, 6.07) is 10.8. The summed E-state index contributed by atoms with van der Waals surface area (Å²) in [6.07, 6.45) is -4.54. The SMILES string of the molecule is Cc1nn(-c2cccc(C(F)(F)F)c2)c(C)c1C(=O)C(=O)NCc1ccc(CS(N)(=O)=O)cc1. The normalized spacial score (nSPS) is 11.9. The van der Waals surface area contributed by atoms with Gasteiger partial charge in [-0.15, -0.1) is 0 Å². The van der Waals surface area contributed by atoms with E-state index in [4.69, 9.17) is 5.14 Å². The van der Waals surface area contributed by atoms with Crippen LogP contribution >= 0.6 is 0 Å². The predicted molar refractivity (Wildman–Crippen MR) is 117 cm³/mol. The zero-order chi connectivity index (χ0) is 25.3. The summed E-state index contributed by atoms with van der Waals surface area (Å²) < 4.78 is 62.6. The van der Waals surface area contributed by atoms with Gasteiger partial charge in [0.15, 0.2) is 0 Å². The summed E-state index contributed by atoms with van der Waals surface area (Å²) in [5.41, 5.74) is 0.757. The number of nitrogens with zero attached hydrogens (tertiary/aromatic N) is 2. The Kier molecular flexibility index (Phi) is 6.94. The molecule has 8 nitrogen and oxygen atoms in total. The maximum atomic E-state index is 13.1. The standard InChI is InChI=1S/C22H21F3N4O4S/c1-13-19(14(2)29(28-13)18-5-3-4-17(10-18)22(23,24)25)20(30)21(31)27-11-15-6-8-16(9-7-15)12-34(26,32)33/h3-10H,11-12H2,1-2H3,(H,27,31)(H2,26,32,33). The molecule has 180 valence electrons. The number of sulfonamides is 1. The quantitative estimate of drug-likeness (QED) is 0.386. The Balaban J connectivity index is 1.75. The minimum Gasteiger partial charge on any atom is -0.345 e. The van der Waals surface area contributed by atoms with Crippen LogP contribution < -0.4 is 10.5 Å². The van der Waals surface area contributed by atoms with E-state index in [1.165, 1.54) is 30.7 Å². The molecule has 0 radical (unpaired) electrons. The van der Waals surface area contributed by atoms with Crippen LogP contribution in [0.2, 0.25) is 0 Å². The van der Waals surface area contributed by atoms with Crippen LogP contribution in [0.25, 0.3) is 5.69 Å². The van der Waals surface area contributed by atoms with Gasteiger partial charge < -0.3 is 5.32 Å². The molecule has 0 aliphatic rings. The summed E-state index contributed by atoms with van der Waals surface area (Å²) in [6.45, 7) is 2.98. The van der Waals surface area contributed by atoms with Crippen molar-refractivity contribution in [2.45, 2.75) is 32.3 Å². The molecule has 0 fully saturated rings. The lowest BCUT2D eigenvalue weighted by Crippen LogP contribution is -2.31. The second-order valence-electron chi connectivity index (χ2n) is 7.64. The predicted octanol–water partition coefficient (Wildman–Crippen LogP) is 2.80. The number of nitrogens with two attached hydrogens (primary N) is 1. The molecule has 0 saturated heterocycles. The molecule has 0 saturated carbocycles.